The van der Waals surface area contributed by atoms with Gasteiger partial charge in [0.2, 0.25) is 0 Å². The molecular weight excluding hydrogens is 422 g/mol. The molecule has 168 valence electrons. The smallest absolute Gasteiger partial charge is 0.293 e. The van der Waals surface area contributed by atoms with Gasteiger partial charge in [-0.25, -0.2) is 0 Å². The van der Waals surface area contributed by atoms with Crippen molar-refractivity contribution in [1.29, 1.82) is 10.7 Å². The highest BCUT2D eigenvalue weighted by molar-refractivity contribution is 6.45. The molecule has 0 bridgehead atoms. The van der Waals surface area contributed by atoms with Crippen molar-refractivity contribution in [3.8, 4) is 6.07 Å². The van der Waals surface area contributed by atoms with E-state index in [1.54, 1.807) is 35.8 Å². The molecule has 0 spiro atoms. The summed E-state index contributed by atoms with van der Waals surface area (Å²) in [4.78, 5) is 39.2. The first-order valence-electron chi connectivity index (χ1n) is 10.5. The van der Waals surface area contributed by atoms with E-state index in [9.17, 15) is 14.4 Å². The van der Waals surface area contributed by atoms with E-state index in [4.69, 9.17) is 16.5 Å². The average molecular weight is 445 g/mol. The third-order valence-corrected chi connectivity index (χ3v) is 6.18. The van der Waals surface area contributed by atoms with Gasteiger partial charge in [-0.1, -0.05) is 6.07 Å². The molecule has 2 aromatic rings. The summed E-state index contributed by atoms with van der Waals surface area (Å²) in [6.45, 7) is 2.22. The van der Waals surface area contributed by atoms with Crippen molar-refractivity contribution in [3.63, 3.8) is 0 Å². The number of nitriles is 1. The van der Waals surface area contributed by atoms with E-state index in [1.807, 2.05) is 6.07 Å². The van der Waals surface area contributed by atoms with Gasteiger partial charge < -0.3 is 26.5 Å². The summed E-state index contributed by atoms with van der Waals surface area (Å²) >= 11 is 0. The molecule has 2 heterocycles. The third kappa shape index (κ3) is 3.78. The van der Waals surface area contributed by atoms with Crippen molar-refractivity contribution in [2.75, 3.05) is 5.32 Å². The second-order valence-corrected chi connectivity index (χ2v) is 8.22. The fraction of sp³-hybridized carbons (Fsp3) is 0.304. The number of amides is 2. The van der Waals surface area contributed by atoms with Crippen LogP contribution in [0.1, 0.15) is 56.9 Å². The fourth-order valence-electron chi connectivity index (χ4n) is 4.43. The predicted octanol–water partition coefficient (Wildman–Crippen LogP) is 1.66. The number of carbonyl (C=O) groups excluding carboxylic acids is 3. The highest BCUT2D eigenvalue weighted by Crippen LogP contribution is 2.37. The van der Waals surface area contributed by atoms with Crippen LogP contribution >= 0.6 is 0 Å². The standard InChI is InChI=1S/C23H23N7O3/c1-13-18(20(31)22(33)28-23(7-8-23)17(12-25)29-26)16-6-3-9-30(16)19(13)21(32)27-15-5-2-4-14(10-15)11-24/h2,4-5,10,12,25H,3,6-9,26H2,1H3,(H,27,32)(H,28,33). The number of ketones is 1. The van der Waals surface area contributed by atoms with Crippen LogP contribution in [0.5, 0.6) is 0 Å². The number of rotatable bonds is 7. The first-order valence-corrected chi connectivity index (χ1v) is 10.5. The molecule has 1 saturated carbocycles. The maximum absolute atomic E-state index is 13.2. The van der Waals surface area contributed by atoms with Gasteiger partial charge in [0, 0.05) is 24.1 Å². The molecule has 1 aliphatic heterocycles. The van der Waals surface area contributed by atoms with Gasteiger partial charge >= 0.3 is 0 Å². The van der Waals surface area contributed by atoms with Crippen LogP contribution in [0.4, 0.5) is 5.69 Å². The lowest BCUT2D eigenvalue weighted by atomic mass is 10.0. The van der Waals surface area contributed by atoms with Gasteiger partial charge in [0.15, 0.2) is 0 Å². The zero-order valence-electron chi connectivity index (χ0n) is 18.1. The summed E-state index contributed by atoms with van der Waals surface area (Å²) in [6, 6.07) is 8.58. The molecule has 5 N–H and O–H groups in total. The molecule has 1 aromatic carbocycles. The molecule has 10 nitrogen and oxygen atoms in total. The Morgan fingerprint density at radius 1 is 1.33 bits per heavy atom. The topological polar surface area (TPSA) is 166 Å². The number of nitrogens with one attached hydrogen (secondary N) is 3. The number of anilines is 1. The maximum atomic E-state index is 13.2. The van der Waals surface area contributed by atoms with Crippen LogP contribution in [0.15, 0.2) is 29.4 Å². The Balaban J connectivity index is 1.63. The Bertz CT molecular complexity index is 1260. The van der Waals surface area contributed by atoms with Crippen LogP contribution in [0, 0.1) is 23.7 Å². The van der Waals surface area contributed by atoms with Crippen molar-refractivity contribution < 1.29 is 14.4 Å². The van der Waals surface area contributed by atoms with Gasteiger partial charge in [0.05, 0.1) is 22.7 Å². The largest absolute Gasteiger partial charge is 0.340 e. The lowest BCUT2D eigenvalue weighted by molar-refractivity contribution is -0.117. The Morgan fingerprint density at radius 2 is 2.09 bits per heavy atom. The summed E-state index contributed by atoms with van der Waals surface area (Å²) in [6.07, 6.45) is 3.39. The van der Waals surface area contributed by atoms with Gasteiger partial charge in [-0.15, -0.1) is 0 Å². The van der Waals surface area contributed by atoms with Crippen molar-refractivity contribution in [3.05, 3.63) is 52.3 Å². The van der Waals surface area contributed by atoms with E-state index in [-0.39, 0.29) is 11.3 Å². The van der Waals surface area contributed by atoms with E-state index >= 15 is 0 Å². The minimum Gasteiger partial charge on any atom is -0.340 e. The molecule has 0 atom stereocenters. The van der Waals surface area contributed by atoms with E-state index in [2.05, 4.69) is 15.7 Å². The van der Waals surface area contributed by atoms with Crippen LogP contribution in [0.3, 0.4) is 0 Å². The van der Waals surface area contributed by atoms with Gasteiger partial charge in [0.25, 0.3) is 17.6 Å². The van der Waals surface area contributed by atoms with Crippen LogP contribution in [0.2, 0.25) is 0 Å². The van der Waals surface area contributed by atoms with E-state index < -0.39 is 23.1 Å². The maximum Gasteiger partial charge on any atom is 0.293 e. The summed E-state index contributed by atoms with van der Waals surface area (Å²) < 4.78 is 1.79. The fourth-order valence-corrected chi connectivity index (χ4v) is 4.43. The number of benzene rings is 1. The summed E-state index contributed by atoms with van der Waals surface area (Å²) in [5, 5.41) is 25.5. The average Bonchev–Trinajstić information content (AvgIpc) is 3.31. The van der Waals surface area contributed by atoms with Gasteiger partial charge in [-0.05, 0) is 56.4 Å². The molecule has 1 aromatic heterocycles. The molecule has 10 heteroatoms. The van der Waals surface area contributed by atoms with E-state index in [0.717, 1.165) is 12.6 Å². The molecule has 33 heavy (non-hydrogen) atoms. The number of fused-ring (bicyclic) bond motifs is 1. The lowest BCUT2D eigenvalue weighted by Gasteiger charge is -2.16. The van der Waals surface area contributed by atoms with Crippen molar-refractivity contribution in [2.24, 2.45) is 10.9 Å². The Morgan fingerprint density at radius 3 is 2.73 bits per heavy atom. The number of carbonyl (C=O) groups is 3. The first kappa shape index (κ1) is 22.0. The molecule has 0 radical (unpaired) electrons. The van der Waals surface area contributed by atoms with Gasteiger partial charge in [-0.3, -0.25) is 14.4 Å². The van der Waals surface area contributed by atoms with Crippen LogP contribution < -0.4 is 16.5 Å². The second kappa shape index (κ2) is 8.35. The monoisotopic (exact) mass is 445 g/mol. The van der Waals surface area contributed by atoms with Crippen LogP contribution in [-0.2, 0) is 17.8 Å². The predicted molar refractivity (Wildman–Crippen MR) is 121 cm³/mol. The molecular formula is C23H23N7O3. The van der Waals surface area contributed by atoms with Crippen molar-refractivity contribution >= 4 is 35.2 Å². The number of Topliss-reactive ketones (excluding diaryl/α,β-unsaturated/α-hetero) is 1. The van der Waals surface area contributed by atoms with E-state index in [1.165, 1.54) is 0 Å². The molecule has 0 saturated heterocycles. The molecule has 1 fully saturated rings. The highest BCUT2D eigenvalue weighted by Gasteiger charge is 2.49. The normalized spacial score (nSPS) is 15.8. The van der Waals surface area contributed by atoms with E-state index in [0.29, 0.717) is 54.0 Å². The number of hydrogen-bond acceptors (Lipinski definition) is 7. The third-order valence-electron chi connectivity index (χ3n) is 6.18. The molecule has 0 unspecified atom stereocenters. The second-order valence-electron chi connectivity index (χ2n) is 8.22. The Hall–Kier alpha value is -4.26. The molecule has 1 aliphatic carbocycles. The molecule has 4 rings (SSSR count). The van der Waals surface area contributed by atoms with Gasteiger partial charge in [0.1, 0.15) is 11.4 Å². The molecule has 2 amide bonds. The van der Waals surface area contributed by atoms with Crippen molar-refractivity contribution in [1.82, 2.24) is 9.88 Å². The highest BCUT2D eigenvalue weighted by atomic mass is 16.2. The summed E-state index contributed by atoms with van der Waals surface area (Å²) in [5.41, 5.74) is 1.86. The number of nitrogens with zero attached hydrogens (tertiary/aromatic N) is 3. The molecule has 2 aliphatic rings. The minimum absolute atomic E-state index is 0.210. The zero-order chi connectivity index (χ0) is 23.8. The SMILES string of the molecule is Cc1c(C(=O)C(=O)NC2(C(C=N)=NN)CC2)c2n(c1C(=O)Nc1cccc(C#N)c1)CCC2. The quantitative estimate of drug-likeness (QED) is 0.167. The van der Waals surface area contributed by atoms with Crippen LogP contribution in [-0.4, -0.2) is 39.6 Å². The summed E-state index contributed by atoms with van der Waals surface area (Å²) in [7, 11) is 0. The van der Waals surface area contributed by atoms with Crippen molar-refractivity contribution in [2.45, 2.75) is 44.7 Å². The number of hydrazone groups is 1. The Labute approximate surface area is 190 Å². The van der Waals surface area contributed by atoms with Gasteiger partial charge in [-0.2, -0.15) is 10.4 Å². The lowest BCUT2D eigenvalue weighted by Crippen LogP contribution is -2.47. The summed E-state index contributed by atoms with van der Waals surface area (Å²) in [5.74, 6) is 3.37. The number of hydrogen-bond donors (Lipinski definition) is 4. The number of nitrogens with two attached hydrogens (primary N) is 1. The number of aromatic nitrogens is 1. The Kier molecular flexibility index (Phi) is 5.55. The first-order chi connectivity index (χ1) is 15.8. The zero-order valence-corrected chi connectivity index (χ0v) is 18.1. The van der Waals surface area contributed by atoms with Crippen LogP contribution in [0.25, 0.3) is 0 Å². The minimum atomic E-state index is -0.883.